The Bertz CT molecular complexity index is 69.4. The third-order valence-electron chi connectivity index (χ3n) is 0.477. The van der Waals surface area contributed by atoms with Crippen LogP contribution >= 0.6 is 0 Å². The molecule has 1 radical (unpaired) electrons. The molecule has 0 spiro atoms. The van der Waals surface area contributed by atoms with Crippen LogP contribution in [-0.4, -0.2) is 22.5 Å². The summed E-state index contributed by atoms with van der Waals surface area (Å²) in [5.41, 5.74) is 0. The summed E-state index contributed by atoms with van der Waals surface area (Å²) >= 11 is 0. The fourth-order valence-electron chi connectivity index (χ4n) is 0.0845. The van der Waals surface area contributed by atoms with Crippen molar-refractivity contribution in [3.05, 3.63) is 6.61 Å². The second-order valence-corrected chi connectivity index (χ2v) is 1.14. The quantitative estimate of drug-likeness (QED) is 0.539. The molecule has 0 bridgehead atoms. The van der Waals surface area contributed by atoms with Crippen molar-refractivity contribution in [1.82, 2.24) is 0 Å². The summed E-state index contributed by atoms with van der Waals surface area (Å²) in [6, 6.07) is 0. The van der Waals surface area contributed by atoms with Gasteiger partial charge < -0.3 is 10.2 Å². The summed E-state index contributed by atoms with van der Waals surface area (Å²) in [6.45, 7) is -0.319. The van der Waals surface area contributed by atoms with Gasteiger partial charge in [0.05, 0.1) is 0 Å². The van der Waals surface area contributed by atoms with E-state index in [2.05, 4.69) is 0 Å². The molecule has 1 atom stereocenters. The minimum Gasteiger partial charge on any atom is -0.387 e. The average molecular weight is 129 g/mol. The number of halogens is 3. The first-order chi connectivity index (χ1) is 3.48. The average Bonchev–Trinajstić information content (AvgIpc) is 1.62. The molecule has 0 aliphatic heterocycles. The van der Waals surface area contributed by atoms with Gasteiger partial charge in [-0.1, -0.05) is 0 Å². The molecule has 0 fully saturated rings. The molecule has 49 valence electrons. The zero-order valence-electron chi connectivity index (χ0n) is 3.68. The van der Waals surface area contributed by atoms with Gasteiger partial charge >= 0.3 is 6.18 Å². The summed E-state index contributed by atoms with van der Waals surface area (Å²) in [6.07, 6.45) is -7.46. The zero-order valence-corrected chi connectivity index (χ0v) is 3.68. The van der Waals surface area contributed by atoms with E-state index in [0.717, 1.165) is 0 Å². The van der Waals surface area contributed by atoms with Crippen LogP contribution in [0.25, 0.3) is 0 Å². The number of hydrogen-bond donors (Lipinski definition) is 2. The molecule has 0 saturated heterocycles. The van der Waals surface area contributed by atoms with Crippen molar-refractivity contribution < 1.29 is 23.4 Å². The van der Waals surface area contributed by atoms with E-state index in [0.29, 0.717) is 0 Å². The van der Waals surface area contributed by atoms with Crippen LogP contribution in [0.4, 0.5) is 13.2 Å². The van der Waals surface area contributed by atoms with Crippen molar-refractivity contribution in [3.8, 4) is 0 Å². The fourth-order valence-corrected chi connectivity index (χ4v) is 0.0845. The summed E-state index contributed by atoms with van der Waals surface area (Å²) in [7, 11) is 0. The first-order valence-corrected chi connectivity index (χ1v) is 1.71. The van der Waals surface area contributed by atoms with E-state index in [1.807, 2.05) is 0 Å². The largest absolute Gasteiger partial charge is 0.417 e. The van der Waals surface area contributed by atoms with Crippen LogP contribution in [0, 0.1) is 6.61 Å². The first kappa shape index (κ1) is 7.71. The SMILES string of the molecule is O[CH]C(O)C(F)(F)F. The second kappa shape index (κ2) is 2.32. The monoisotopic (exact) mass is 129 g/mol. The molecule has 0 aliphatic carbocycles. The van der Waals surface area contributed by atoms with Crippen LogP contribution in [0.15, 0.2) is 0 Å². The van der Waals surface area contributed by atoms with Gasteiger partial charge in [0.15, 0.2) is 6.10 Å². The molecular formula is C3H4F3O2. The van der Waals surface area contributed by atoms with Crippen LogP contribution < -0.4 is 0 Å². The number of aliphatic hydroxyl groups is 2. The lowest BCUT2D eigenvalue weighted by Gasteiger charge is -2.09. The predicted octanol–water partition coefficient (Wildman–Crippen LogP) is 0.444. The predicted molar refractivity (Wildman–Crippen MR) is 18.3 cm³/mol. The maximum atomic E-state index is 11.0. The van der Waals surface area contributed by atoms with Crippen molar-refractivity contribution in [3.63, 3.8) is 0 Å². The lowest BCUT2D eigenvalue weighted by molar-refractivity contribution is -0.201. The number of alkyl halides is 3. The Labute approximate surface area is 43.6 Å². The van der Waals surface area contributed by atoms with Gasteiger partial charge in [-0.3, -0.25) is 0 Å². The minimum atomic E-state index is -4.74. The molecule has 0 aromatic rings. The molecule has 0 aliphatic rings. The number of hydrogen-bond acceptors (Lipinski definition) is 2. The Morgan fingerprint density at radius 3 is 1.75 bits per heavy atom. The molecule has 0 aromatic heterocycles. The van der Waals surface area contributed by atoms with E-state index >= 15 is 0 Å². The van der Waals surface area contributed by atoms with Gasteiger partial charge in [0.2, 0.25) is 0 Å². The Hall–Kier alpha value is -0.290. The van der Waals surface area contributed by atoms with Crippen LogP contribution in [-0.2, 0) is 0 Å². The summed E-state index contributed by atoms with van der Waals surface area (Å²) < 4.78 is 33.0. The lowest BCUT2D eigenvalue weighted by Crippen LogP contribution is -2.28. The molecule has 2 nitrogen and oxygen atoms in total. The van der Waals surface area contributed by atoms with Crippen LogP contribution in [0.3, 0.4) is 0 Å². The van der Waals surface area contributed by atoms with E-state index in [1.54, 1.807) is 0 Å². The molecular weight excluding hydrogens is 125 g/mol. The fraction of sp³-hybridized carbons (Fsp3) is 0.667. The van der Waals surface area contributed by atoms with E-state index in [1.165, 1.54) is 0 Å². The molecule has 0 aromatic carbocycles. The Balaban J connectivity index is 3.62. The van der Waals surface area contributed by atoms with Crippen molar-refractivity contribution in [1.29, 1.82) is 0 Å². The van der Waals surface area contributed by atoms with Gasteiger partial charge in [-0.15, -0.1) is 0 Å². The molecule has 2 N–H and O–H groups in total. The van der Waals surface area contributed by atoms with Gasteiger partial charge in [-0.05, 0) is 0 Å². The van der Waals surface area contributed by atoms with Gasteiger partial charge in [-0.2, -0.15) is 13.2 Å². The smallest absolute Gasteiger partial charge is 0.387 e. The van der Waals surface area contributed by atoms with Crippen LogP contribution in [0.5, 0.6) is 0 Å². The standard InChI is InChI=1S/C3H4F3O2/c4-3(5,6)2(8)1-7/h1-2,7-8H. The molecule has 1 unspecified atom stereocenters. The first-order valence-electron chi connectivity index (χ1n) is 1.71. The van der Waals surface area contributed by atoms with E-state index in [9.17, 15) is 13.2 Å². The highest BCUT2D eigenvalue weighted by molar-refractivity contribution is 4.70. The minimum absolute atomic E-state index is 0.319. The highest BCUT2D eigenvalue weighted by Crippen LogP contribution is 2.20. The molecule has 8 heavy (non-hydrogen) atoms. The summed E-state index contributed by atoms with van der Waals surface area (Å²) in [5.74, 6) is 0. The molecule has 0 rings (SSSR count). The highest BCUT2D eigenvalue weighted by atomic mass is 19.4. The topological polar surface area (TPSA) is 40.5 Å². The van der Waals surface area contributed by atoms with Gasteiger partial charge in [0.1, 0.15) is 6.61 Å². The van der Waals surface area contributed by atoms with E-state index in [4.69, 9.17) is 10.2 Å². The van der Waals surface area contributed by atoms with E-state index in [-0.39, 0.29) is 6.61 Å². The Morgan fingerprint density at radius 2 is 1.75 bits per heavy atom. The van der Waals surface area contributed by atoms with Crippen LogP contribution in [0.1, 0.15) is 0 Å². The van der Waals surface area contributed by atoms with Crippen molar-refractivity contribution >= 4 is 0 Å². The maximum absolute atomic E-state index is 11.0. The third kappa shape index (κ3) is 2.13. The Morgan fingerprint density at radius 1 is 1.38 bits per heavy atom. The van der Waals surface area contributed by atoms with Crippen molar-refractivity contribution in [2.24, 2.45) is 0 Å². The lowest BCUT2D eigenvalue weighted by atomic mass is 10.4. The van der Waals surface area contributed by atoms with Gasteiger partial charge in [-0.25, -0.2) is 0 Å². The van der Waals surface area contributed by atoms with Gasteiger partial charge in [0.25, 0.3) is 0 Å². The number of aliphatic hydroxyl groups excluding tert-OH is 2. The number of rotatable bonds is 1. The highest BCUT2D eigenvalue weighted by Gasteiger charge is 2.37. The summed E-state index contributed by atoms with van der Waals surface area (Å²) in [5, 5.41) is 15.3. The molecule has 0 saturated carbocycles. The molecule has 0 heterocycles. The molecule has 0 amide bonds. The van der Waals surface area contributed by atoms with Crippen LogP contribution in [0.2, 0.25) is 0 Å². The second-order valence-electron chi connectivity index (χ2n) is 1.14. The molecule has 5 heteroatoms. The van der Waals surface area contributed by atoms with E-state index < -0.39 is 12.3 Å². The maximum Gasteiger partial charge on any atom is 0.417 e. The van der Waals surface area contributed by atoms with Crippen molar-refractivity contribution in [2.45, 2.75) is 12.3 Å². The van der Waals surface area contributed by atoms with Gasteiger partial charge in [0, 0.05) is 0 Å². The summed E-state index contributed by atoms with van der Waals surface area (Å²) in [4.78, 5) is 0. The zero-order chi connectivity index (χ0) is 6.78. The van der Waals surface area contributed by atoms with Crippen molar-refractivity contribution in [2.75, 3.05) is 0 Å². The third-order valence-corrected chi connectivity index (χ3v) is 0.477. The Kier molecular flexibility index (Phi) is 2.24. The normalized spacial score (nSPS) is 16.1.